The SMILES string of the molecule is CCN(CC)CC(C)NC(=O)CC(N)CC(C)(C)C. The molecule has 114 valence electrons. The lowest BCUT2D eigenvalue weighted by molar-refractivity contribution is -0.122. The maximum Gasteiger partial charge on any atom is 0.221 e. The van der Waals surface area contributed by atoms with Gasteiger partial charge in [-0.25, -0.2) is 0 Å². The van der Waals surface area contributed by atoms with Gasteiger partial charge in [-0.05, 0) is 31.8 Å². The molecule has 0 fully saturated rings. The van der Waals surface area contributed by atoms with Crippen molar-refractivity contribution in [3.05, 3.63) is 0 Å². The van der Waals surface area contributed by atoms with Crippen LogP contribution in [0.25, 0.3) is 0 Å². The van der Waals surface area contributed by atoms with Crippen molar-refractivity contribution < 1.29 is 4.79 Å². The summed E-state index contributed by atoms with van der Waals surface area (Å²) in [6, 6.07) is 0.120. The summed E-state index contributed by atoms with van der Waals surface area (Å²) in [6.45, 7) is 15.7. The molecule has 0 radical (unpaired) electrons. The van der Waals surface area contributed by atoms with E-state index in [2.05, 4.69) is 44.8 Å². The Bertz CT molecular complexity index is 257. The van der Waals surface area contributed by atoms with Crippen LogP contribution in [0, 0.1) is 5.41 Å². The molecule has 1 amide bonds. The van der Waals surface area contributed by atoms with Crippen molar-refractivity contribution in [1.82, 2.24) is 10.2 Å². The molecular formula is C15H33N3O. The monoisotopic (exact) mass is 271 g/mol. The van der Waals surface area contributed by atoms with Gasteiger partial charge in [-0.2, -0.15) is 0 Å². The molecule has 0 aromatic carbocycles. The van der Waals surface area contributed by atoms with Crippen LogP contribution < -0.4 is 11.1 Å². The molecule has 0 spiro atoms. The molecule has 0 aliphatic rings. The first-order chi connectivity index (χ1) is 8.67. The predicted octanol–water partition coefficient (Wildman–Crippen LogP) is 1.99. The van der Waals surface area contributed by atoms with Crippen LogP contribution in [0.4, 0.5) is 0 Å². The molecule has 0 aromatic heterocycles. The van der Waals surface area contributed by atoms with Gasteiger partial charge in [0, 0.05) is 25.0 Å². The van der Waals surface area contributed by atoms with E-state index in [9.17, 15) is 4.79 Å². The first kappa shape index (κ1) is 18.4. The molecule has 2 unspecified atom stereocenters. The van der Waals surface area contributed by atoms with Gasteiger partial charge in [-0.15, -0.1) is 0 Å². The first-order valence-corrected chi connectivity index (χ1v) is 7.45. The lowest BCUT2D eigenvalue weighted by Crippen LogP contribution is -2.43. The summed E-state index contributed by atoms with van der Waals surface area (Å²) in [7, 11) is 0. The number of amides is 1. The van der Waals surface area contributed by atoms with Gasteiger partial charge in [0.15, 0.2) is 0 Å². The van der Waals surface area contributed by atoms with Crippen molar-refractivity contribution in [2.45, 2.75) is 66.5 Å². The van der Waals surface area contributed by atoms with E-state index in [0.717, 1.165) is 26.1 Å². The Morgan fingerprint density at radius 3 is 2.21 bits per heavy atom. The zero-order chi connectivity index (χ0) is 15.1. The fraction of sp³-hybridized carbons (Fsp3) is 0.933. The van der Waals surface area contributed by atoms with Crippen LogP contribution >= 0.6 is 0 Å². The maximum absolute atomic E-state index is 11.9. The summed E-state index contributed by atoms with van der Waals surface area (Å²) in [4.78, 5) is 14.2. The highest BCUT2D eigenvalue weighted by Crippen LogP contribution is 2.20. The second kappa shape index (κ2) is 8.54. The minimum Gasteiger partial charge on any atom is -0.352 e. The van der Waals surface area contributed by atoms with Crippen LogP contribution in [0.15, 0.2) is 0 Å². The summed E-state index contributed by atoms with van der Waals surface area (Å²) < 4.78 is 0. The maximum atomic E-state index is 11.9. The van der Waals surface area contributed by atoms with E-state index in [1.165, 1.54) is 0 Å². The molecule has 19 heavy (non-hydrogen) atoms. The number of rotatable bonds is 8. The Kier molecular flexibility index (Phi) is 8.26. The number of nitrogens with two attached hydrogens (primary N) is 1. The lowest BCUT2D eigenvalue weighted by atomic mass is 9.87. The number of hydrogen-bond acceptors (Lipinski definition) is 3. The summed E-state index contributed by atoms with van der Waals surface area (Å²) in [5, 5.41) is 3.04. The van der Waals surface area contributed by atoms with Crippen LogP contribution in [-0.4, -0.2) is 42.5 Å². The third kappa shape index (κ3) is 9.91. The molecule has 0 aliphatic heterocycles. The Balaban J connectivity index is 4.03. The Labute approximate surface area is 119 Å². The average molecular weight is 271 g/mol. The predicted molar refractivity (Wildman–Crippen MR) is 82.1 cm³/mol. The van der Waals surface area contributed by atoms with Gasteiger partial charge in [0.05, 0.1) is 0 Å². The van der Waals surface area contributed by atoms with Crippen LogP contribution in [0.1, 0.15) is 54.4 Å². The molecule has 0 bridgehead atoms. The number of carbonyl (C=O) groups is 1. The second-order valence-corrected chi connectivity index (χ2v) is 6.68. The van der Waals surface area contributed by atoms with Crippen molar-refractivity contribution in [1.29, 1.82) is 0 Å². The third-order valence-corrected chi connectivity index (χ3v) is 3.16. The Morgan fingerprint density at radius 1 is 1.26 bits per heavy atom. The smallest absolute Gasteiger partial charge is 0.221 e. The largest absolute Gasteiger partial charge is 0.352 e. The van der Waals surface area contributed by atoms with Crippen molar-refractivity contribution in [3.8, 4) is 0 Å². The number of likely N-dealkylation sites (N-methyl/N-ethyl adjacent to an activating group) is 1. The molecule has 0 saturated heterocycles. The third-order valence-electron chi connectivity index (χ3n) is 3.16. The van der Waals surface area contributed by atoms with E-state index in [-0.39, 0.29) is 23.4 Å². The topological polar surface area (TPSA) is 58.4 Å². The van der Waals surface area contributed by atoms with E-state index in [0.29, 0.717) is 6.42 Å². The van der Waals surface area contributed by atoms with Crippen LogP contribution in [0.2, 0.25) is 0 Å². The highest BCUT2D eigenvalue weighted by atomic mass is 16.1. The number of carbonyl (C=O) groups excluding carboxylic acids is 1. The molecular weight excluding hydrogens is 238 g/mol. The molecule has 2 atom stereocenters. The van der Waals surface area contributed by atoms with Crippen LogP contribution in [-0.2, 0) is 4.79 Å². The first-order valence-electron chi connectivity index (χ1n) is 7.45. The molecule has 4 heteroatoms. The number of hydrogen-bond donors (Lipinski definition) is 2. The minimum atomic E-state index is -0.0550. The van der Waals surface area contributed by atoms with E-state index in [4.69, 9.17) is 5.73 Å². The highest BCUT2D eigenvalue weighted by molar-refractivity contribution is 5.76. The van der Waals surface area contributed by atoms with Gasteiger partial charge in [-0.1, -0.05) is 34.6 Å². The normalized spacial score (nSPS) is 15.4. The molecule has 0 aliphatic carbocycles. The van der Waals surface area contributed by atoms with E-state index in [1.807, 2.05) is 6.92 Å². The fourth-order valence-electron chi connectivity index (χ4n) is 2.35. The Morgan fingerprint density at radius 2 is 1.79 bits per heavy atom. The summed E-state index contributed by atoms with van der Waals surface area (Å²) in [5.41, 5.74) is 6.19. The average Bonchev–Trinajstić information content (AvgIpc) is 2.22. The minimum absolute atomic E-state index is 0.0550. The molecule has 0 saturated carbocycles. The van der Waals surface area contributed by atoms with E-state index < -0.39 is 0 Å². The quantitative estimate of drug-likeness (QED) is 0.710. The van der Waals surface area contributed by atoms with Crippen molar-refractivity contribution in [2.24, 2.45) is 11.1 Å². The van der Waals surface area contributed by atoms with Crippen molar-refractivity contribution >= 4 is 5.91 Å². The summed E-state index contributed by atoms with van der Waals surface area (Å²) >= 11 is 0. The van der Waals surface area contributed by atoms with Gasteiger partial charge < -0.3 is 16.0 Å². The second-order valence-electron chi connectivity index (χ2n) is 6.68. The Hall–Kier alpha value is -0.610. The van der Waals surface area contributed by atoms with Gasteiger partial charge in [-0.3, -0.25) is 4.79 Å². The fourth-order valence-corrected chi connectivity index (χ4v) is 2.35. The van der Waals surface area contributed by atoms with Crippen LogP contribution in [0.3, 0.4) is 0 Å². The zero-order valence-electron chi connectivity index (χ0n) is 13.6. The van der Waals surface area contributed by atoms with Gasteiger partial charge in [0.1, 0.15) is 0 Å². The lowest BCUT2D eigenvalue weighted by Gasteiger charge is -2.25. The van der Waals surface area contributed by atoms with Crippen LogP contribution in [0.5, 0.6) is 0 Å². The van der Waals surface area contributed by atoms with E-state index >= 15 is 0 Å². The molecule has 0 rings (SSSR count). The summed E-state index contributed by atoms with van der Waals surface area (Å²) in [6.07, 6.45) is 1.28. The molecule has 3 N–H and O–H groups in total. The standard InChI is InChI=1S/C15H33N3O/c1-7-18(8-2)11-12(3)17-14(19)9-13(16)10-15(4,5)6/h12-13H,7-11,16H2,1-6H3,(H,17,19). The number of nitrogens with one attached hydrogen (secondary N) is 1. The van der Waals surface area contributed by atoms with Gasteiger partial charge >= 0.3 is 0 Å². The molecule has 0 aromatic rings. The molecule has 0 heterocycles. The zero-order valence-corrected chi connectivity index (χ0v) is 13.6. The van der Waals surface area contributed by atoms with Gasteiger partial charge in [0.2, 0.25) is 5.91 Å². The highest BCUT2D eigenvalue weighted by Gasteiger charge is 2.19. The van der Waals surface area contributed by atoms with E-state index in [1.54, 1.807) is 0 Å². The van der Waals surface area contributed by atoms with Crippen molar-refractivity contribution in [2.75, 3.05) is 19.6 Å². The summed E-state index contributed by atoms with van der Waals surface area (Å²) in [5.74, 6) is 0.0661. The molecule has 4 nitrogen and oxygen atoms in total. The number of nitrogens with zero attached hydrogens (tertiary/aromatic N) is 1. The van der Waals surface area contributed by atoms with Gasteiger partial charge in [0.25, 0.3) is 0 Å². The van der Waals surface area contributed by atoms with Crippen molar-refractivity contribution in [3.63, 3.8) is 0 Å².